The molecule has 1 aliphatic heterocycles. The Bertz CT molecular complexity index is 1500. The largest absolute Gasteiger partial charge is 0.496 e. The van der Waals surface area contributed by atoms with Crippen LogP contribution in [0.4, 0.5) is 5.69 Å². The Kier molecular flexibility index (Phi) is 6.31. The molecule has 7 heteroatoms. The van der Waals surface area contributed by atoms with E-state index in [9.17, 15) is 9.59 Å². The summed E-state index contributed by atoms with van der Waals surface area (Å²) >= 11 is 0. The van der Waals surface area contributed by atoms with Crippen molar-refractivity contribution in [1.82, 2.24) is 14.9 Å². The van der Waals surface area contributed by atoms with Crippen LogP contribution in [0.25, 0.3) is 10.9 Å². The summed E-state index contributed by atoms with van der Waals surface area (Å²) in [5.74, 6) is 0.583. The molecule has 3 heterocycles. The Balaban J connectivity index is 1.51. The number of aryl methyl sites for hydroxylation is 1. The van der Waals surface area contributed by atoms with Crippen LogP contribution >= 0.6 is 0 Å². The molecular weight excluding hydrogens is 452 g/mol. The van der Waals surface area contributed by atoms with Crippen LogP contribution in [0.15, 0.2) is 59.4 Å². The van der Waals surface area contributed by atoms with Gasteiger partial charge in [0.15, 0.2) is 0 Å². The zero-order valence-corrected chi connectivity index (χ0v) is 21.1. The number of methoxy groups -OCH3 is 1. The molecule has 0 fully saturated rings. The van der Waals surface area contributed by atoms with Gasteiger partial charge in [-0.3, -0.25) is 9.59 Å². The minimum atomic E-state index is -0.260. The van der Waals surface area contributed by atoms with Crippen molar-refractivity contribution in [2.24, 2.45) is 0 Å². The highest BCUT2D eigenvalue weighted by atomic mass is 16.5. The molecule has 36 heavy (non-hydrogen) atoms. The highest BCUT2D eigenvalue weighted by Crippen LogP contribution is 2.41. The van der Waals surface area contributed by atoms with E-state index in [4.69, 9.17) is 4.74 Å². The molecule has 2 aromatic heterocycles. The molecule has 1 unspecified atom stereocenters. The van der Waals surface area contributed by atoms with Crippen LogP contribution in [0, 0.1) is 13.8 Å². The number of H-pyrrole nitrogens is 1. The number of para-hydroxylation sites is 2. The van der Waals surface area contributed by atoms with Gasteiger partial charge in [0.25, 0.3) is 11.5 Å². The minimum Gasteiger partial charge on any atom is -0.496 e. The summed E-state index contributed by atoms with van der Waals surface area (Å²) in [4.78, 5) is 28.9. The highest BCUT2D eigenvalue weighted by Gasteiger charge is 2.30. The first kappa shape index (κ1) is 23.7. The van der Waals surface area contributed by atoms with Crippen molar-refractivity contribution in [1.29, 1.82) is 0 Å². The Morgan fingerprint density at radius 3 is 2.72 bits per heavy atom. The van der Waals surface area contributed by atoms with E-state index in [-0.39, 0.29) is 24.1 Å². The summed E-state index contributed by atoms with van der Waals surface area (Å²) < 4.78 is 7.69. The lowest BCUT2D eigenvalue weighted by molar-refractivity contribution is 0.0951. The lowest BCUT2D eigenvalue weighted by Gasteiger charge is -2.33. The number of hydrogen-bond donors (Lipinski definition) is 3. The van der Waals surface area contributed by atoms with Crippen LogP contribution in [0.2, 0.25) is 0 Å². The fourth-order valence-electron chi connectivity index (χ4n) is 5.68. The lowest BCUT2D eigenvalue weighted by atomic mass is 9.85. The molecule has 2 atom stereocenters. The molecule has 0 spiro atoms. The highest BCUT2D eigenvalue weighted by molar-refractivity contribution is 6.08. The van der Waals surface area contributed by atoms with Crippen molar-refractivity contribution in [3.05, 3.63) is 93.0 Å². The first-order valence-corrected chi connectivity index (χ1v) is 12.4. The number of aromatic nitrogens is 2. The molecular formula is C29H32N4O3. The summed E-state index contributed by atoms with van der Waals surface area (Å²) in [6.45, 7) is 7.05. The number of pyridine rings is 1. The van der Waals surface area contributed by atoms with E-state index in [1.807, 2.05) is 25.1 Å². The Labute approximate surface area is 210 Å². The molecule has 7 nitrogen and oxygen atoms in total. The fraction of sp³-hybridized carbons (Fsp3) is 0.310. The quantitative estimate of drug-likeness (QED) is 0.358. The number of carbonyl (C=O) groups excluding carboxylic acids is 1. The van der Waals surface area contributed by atoms with Gasteiger partial charge in [-0.15, -0.1) is 0 Å². The summed E-state index contributed by atoms with van der Waals surface area (Å²) in [5.41, 5.74) is 5.94. The molecule has 1 amide bonds. The zero-order valence-electron chi connectivity index (χ0n) is 21.1. The number of anilines is 1. The number of carbonyl (C=O) groups is 1. The maximum atomic E-state index is 13.6. The molecule has 1 aliphatic rings. The second-order valence-corrected chi connectivity index (χ2v) is 9.51. The van der Waals surface area contributed by atoms with Gasteiger partial charge in [0.2, 0.25) is 0 Å². The van der Waals surface area contributed by atoms with Crippen LogP contribution in [-0.2, 0) is 6.54 Å². The molecule has 4 aromatic rings. The molecule has 2 aromatic carbocycles. The Hall–Kier alpha value is -4.00. The van der Waals surface area contributed by atoms with Crippen molar-refractivity contribution in [2.45, 2.75) is 45.7 Å². The topological polar surface area (TPSA) is 88.2 Å². The SMILES string of the molecule is COc1cc(C)[nH]c(=O)c1CNC(=O)c1c(C)n([C@H](C)C2CCNc3ccccc32)c2ccccc12. The van der Waals surface area contributed by atoms with E-state index in [1.54, 1.807) is 13.0 Å². The minimum absolute atomic E-state index is 0.0772. The van der Waals surface area contributed by atoms with Crippen molar-refractivity contribution in [3.8, 4) is 5.75 Å². The second kappa shape index (κ2) is 9.57. The van der Waals surface area contributed by atoms with Crippen LogP contribution < -0.4 is 20.9 Å². The van der Waals surface area contributed by atoms with E-state index < -0.39 is 0 Å². The maximum absolute atomic E-state index is 13.6. The predicted molar refractivity (Wildman–Crippen MR) is 143 cm³/mol. The number of fused-ring (bicyclic) bond motifs is 2. The maximum Gasteiger partial charge on any atom is 0.256 e. The van der Waals surface area contributed by atoms with Gasteiger partial charge in [0, 0.05) is 46.5 Å². The van der Waals surface area contributed by atoms with Crippen molar-refractivity contribution >= 4 is 22.5 Å². The average molecular weight is 485 g/mol. The van der Waals surface area contributed by atoms with Gasteiger partial charge in [-0.05, 0) is 51.0 Å². The van der Waals surface area contributed by atoms with Gasteiger partial charge in [-0.1, -0.05) is 36.4 Å². The van der Waals surface area contributed by atoms with Crippen LogP contribution in [0.5, 0.6) is 5.75 Å². The third-order valence-corrected chi connectivity index (χ3v) is 7.38. The summed E-state index contributed by atoms with van der Waals surface area (Å²) in [7, 11) is 1.53. The fourth-order valence-corrected chi connectivity index (χ4v) is 5.68. The number of benzene rings is 2. The molecule has 186 valence electrons. The third kappa shape index (κ3) is 4.04. The number of rotatable bonds is 6. The zero-order chi connectivity index (χ0) is 25.4. The van der Waals surface area contributed by atoms with Crippen molar-refractivity contribution in [2.75, 3.05) is 19.0 Å². The summed E-state index contributed by atoms with van der Waals surface area (Å²) in [6.07, 6.45) is 1.02. The smallest absolute Gasteiger partial charge is 0.256 e. The average Bonchev–Trinajstić information content (AvgIpc) is 3.18. The van der Waals surface area contributed by atoms with Gasteiger partial charge in [-0.25, -0.2) is 0 Å². The molecule has 0 radical (unpaired) electrons. The number of hydrogen-bond acceptors (Lipinski definition) is 4. The Morgan fingerprint density at radius 2 is 1.92 bits per heavy atom. The normalized spacial score (nSPS) is 15.7. The number of aromatic amines is 1. The van der Waals surface area contributed by atoms with Crippen molar-refractivity contribution < 1.29 is 9.53 Å². The van der Waals surface area contributed by atoms with E-state index in [1.165, 1.54) is 18.4 Å². The first-order valence-electron chi connectivity index (χ1n) is 12.4. The number of amides is 1. The standard InChI is InChI=1S/C29H32N4O3/c1-17-15-26(36-4)23(28(34)32-17)16-31-29(35)27-19(3)33(25-12-8-6-10-22(25)27)18(2)20-13-14-30-24-11-7-5-9-21(20)24/h5-12,15,18,20,30H,13-14,16H2,1-4H3,(H,31,35)(H,32,34)/t18-,20?/m1/s1. The molecule has 3 N–H and O–H groups in total. The number of ether oxygens (including phenoxy) is 1. The molecule has 0 saturated carbocycles. The van der Waals surface area contributed by atoms with Gasteiger partial charge in [0.1, 0.15) is 5.75 Å². The molecule has 0 saturated heterocycles. The van der Waals surface area contributed by atoms with Gasteiger partial charge >= 0.3 is 0 Å². The van der Waals surface area contributed by atoms with Gasteiger partial charge in [-0.2, -0.15) is 0 Å². The lowest BCUT2D eigenvalue weighted by Crippen LogP contribution is -2.28. The number of nitrogens with zero attached hydrogens (tertiary/aromatic N) is 1. The molecule has 0 bridgehead atoms. The Morgan fingerprint density at radius 1 is 1.17 bits per heavy atom. The number of nitrogens with one attached hydrogen (secondary N) is 3. The van der Waals surface area contributed by atoms with Crippen LogP contribution in [0.1, 0.15) is 58.2 Å². The second-order valence-electron chi connectivity index (χ2n) is 9.51. The van der Waals surface area contributed by atoms with Crippen molar-refractivity contribution in [3.63, 3.8) is 0 Å². The van der Waals surface area contributed by atoms with E-state index in [0.29, 0.717) is 28.5 Å². The first-order chi connectivity index (χ1) is 17.4. The predicted octanol–water partition coefficient (Wildman–Crippen LogP) is 5.05. The van der Waals surface area contributed by atoms with Gasteiger partial charge < -0.3 is 24.9 Å². The van der Waals surface area contributed by atoms with Crippen LogP contribution in [-0.4, -0.2) is 29.1 Å². The monoisotopic (exact) mass is 484 g/mol. The molecule has 0 aliphatic carbocycles. The van der Waals surface area contributed by atoms with Crippen LogP contribution in [0.3, 0.4) is 0 Å². The summed E-state index contributed by atoms with van der Waals surface area (Å²) in [5, 5.41) is 7.39. The van der Waals surface area contributed by atoms with E-state index >= 15 is 0 Å². The third-order valence-electron chi connectivity index (χ3n) is 7.38. The van der Waals surface area contributed by atoms with Gasteiger partial charge in [0.05, 0.1) is 24.8 Å². The molecule has 5 rings (SSSR count). The summed E-state index contributed by atoms with van der Waals surface area (Å²) in [6, 6.07) is 18.4. The van der Waals surface area contributed by atoms with E-state index in [2.05, 4.69) is 57.4 Å². The van der Waals surface area contributed by atoms with E-state index in [0.717, 1.165) is 29.6 Å².